The predicted molar refractivity (Wildman–Crippen MR) is 54.5 cm³/mol. The molecule has 0 fully saturated rings. The Balaban J connectivity index is 2.69. The van der Waals surface area contributed by atoms with E-state index < -0.39 is 0 Å². The van der Waals surface area contributed by atoms with Gasteiger partial charge in [-0.25, -0.2) is 0 Å². The van der Waals surface area contributed by atoms with Gasteiger partial charge in [-0.1, -0.05) is 28.1 Å². The topological polar surface area (TPSA) is 32.9 Å². The Hall–Kier alpha value is -0.830. The summed E-state index contributed by atoms with van der Waals surface area (Å²) in [5.41, 5.74) is 0.885. The molecule has 1 heterocycles. The van der Waals surface area contributed by atoms with Crippen LogP contribution >= 0.6 is 15.9 Å². The van der Waals surface area contributed by atoms with Crippen molar-refractivity contribution in [2.45, 2.75) is 6.42 Å². The first kappa shape index (κ1) is 9.26. The number of hydrogen-bond donors (Lipinski definition) is 1. The average molecular weight is 228 g/mol. The minimum atomic E-state index is -0.0593. The van der Waals surface area contributed by atoms with Gasteiger partial charge in [0.1, 0.15) is 0 Å². The molecule has 1 N–H and O–H groups in total. The highest BCUT2D eigenvalue weighted by molar-refractivity contribution is 9.09. The highest BCUT2D eigenvalue weighted by Gasteiger charge is 1.85. The number of aromatic nitrogens is 1. The molecule has 0 aliphatic rings. The van der Waals surface area contributed by atoms with Crippen LogP contribution in [-0.4, -0.2) is 10.3 Å². The molecule has 0 amide bonds. The van der Waals surface area contributed by atoms with Crippen LogP contribution in [0.3, 0.4) is 0 Å². The lowest BCUT2D eigenvalue weighted by molar-refractivity contribution is 1.23. The van der Waals surface area contributed by atoms with Crippen molar-refractivity contribution in [3.8, 4) is 0 Å². The van der Waals surface area contributed by atoms with Crippen LogP contribution in [-0.2, 0) is 0 Å². The van der Waals surface area contributed by atoms with Crippen molar-refractivity contribution in [1.29, 1.82) is 0 Å². The second-order valence-corrected chi connectivity index (χ2v) is 3.16. The Morgan fingerprint density at radius 2 is 2.42 bits per heavy atom. The predicted octanol–water partition coefficient (Wildman–Crippen LogP) is 2.17. The van der Waals surface area contributed by atoms with Crippen LogP contribution < -0.4 is 5.56 Å². The van der Waals surface area contributed by atoms with Crippen LogP contribution in [0.1, 0.15) is 12.0 Å². The molecular formula is C9H10BrNO. The standard InChI is InChI=1S/C9H10BrNO/c10-5-2-1-3-8-4-6-11-9(12)7-8/h1,3-4,6-7H,2,5H2,(H,11,12). The van der Waals surface area contributed by atoms with Crippen molar-refractivity contribution in [3.63, 3.8) is 0 Å². The van der Waals surface area contributed by atoms with Crippen molar-refractivity contribution in [3.05, 3.63) is 40.3 Å². The van der Waals surface area contributed by atoms with Gasteiger partial charge in [0.15, 0.2) is 0 Å². The summed E-state index contributed by atoms with van der Waals surface area (Å²) < 4.78 is 0. The number of hydrogen-bond acceptors (Lipinski definition) is 1. The molecule has 1 aromatic rings. The van der Waals surface area contributed by atoms with E-state index in [0.29, 0.717) is 0 Å². The second kappa shape index (κ2) is 4.93. The van der Waals surface area contributed by atoms with Gasteiger partial charge in [0.2, 0.25) is 5.56 Å². The highest BCUT2D eigenvalue weighted by atomic mass is 79.9. The van der Waals surface area contributed by atoms with Crippen molar-refractivity contribution >= 4 is 22.0 Å². The lowest BCUT2D eigenvalue weighted by Crippen LogP contribution is -2.01. The third-order valence-corrected chi connectivity index (χ3v) is 1.84. The number of allylic oxidation sites excluding steroid dienone is 1. The fourth-order valence-electron chi connectivity index (χ4n) is 0.847. The smallest absolute Gasteiger partial charge is 0.248 e. The minimum absolute atomic E-state index is 0.0593. The molecule has 0 saturated carbocycles. The second-order valence-electron chi connectivity index (χ2n) is 2.37. The van der Waals surface area contributed by atoms with E-state index in [0.717, 1.165) is 17.3 Å². The van der Waals surface area contributed by atoms with E-state index in [1.165, 1.54) is 0 Å². The number of H-pyrrole nitrogens is 1. The highest BCUT2D eigenvalue weighted by Crippen LogP contribution is 1.98. The van der Waals surface area contributed by atoms with Gasteiger partial charge in [0, 0.05) is 17.6 Å². The molecule has 0 unspecified atom stereocenters. The summed E-state index contributed by atoms with van der Waals surface area (Å²) >= 11 is 3.32. The Morgan fingerprint density at radius 1 is 1.58 bits per heavy atom. The molecule has 0 bridgehead atoms. The van der Waals surface area contributed by atoms with Crippen LogP contribution in [0.2, 0.25) is 0 Å². The van der Waals surface area contributed by atoms with E-state index in [2.05, 4.69) is 20.9 Å². The zero-order chi connectivity index (χ0) is 8.81. The third-order valence-electron chi connectivity index (χ3n) is 1.39. The van der Waals surface area contributed by atoms with E-state index in [-0.39, 0.29) is 5.56 Å². The van der Waals surface area contributed by atoms with Crippen molar-refractivity contribution in [2.75, 3.05) is 5.33 Å². The summed E-state index contributed by atoms with van der Waals surface area (Å²) in [7, 11) is 0. The number of aromatic amines is 1. The lowest BCUT2D eigenvalue weighted by Gasteiger charge is -1.89. The summed E-state index contributed by atoms with van der Waals surface area (Å²) in [4.78, 5) is 13.4. The van der Waals surface area contributed by atoms with Gasteiger partial charge < -0.3 is 4.98 Å². The molecule has 0 aromatic carbocycles. The molecule has 3 heteroatoms. The fraction of sp³-hybridized carbons (Fsp3) is 0.222. The maximum atomic E-state index is 10.8. The maximum Gasteiger partial charge on any atom is 0.248 e. The average Bonchev–Trinajstić information content (AvgIpc) is 2.05. The molecule has 0 saturated heterocycles. The molecule has 0 spiro atoms. The van der Waals surface area contributed by atoms with Gasteiger partial charge in [0.05, 0.1) is 0 Å². The lowest BCUT2D eigenvalue weighted by atomic mass is 10.2. The zero-order valence-corrected chi connectivity index (χ0v) is 8.17. The molecule has 0 radical (unpaired) electrons. The molecule has 0 atom stereocenters. The van der Waals surface area contributed by atoms with Crippen molar-refractivity contribution in [1.82, 2.24) is 4.98 Å². The number of rotatable bonds is 3. The Labute approximate surface area is 79.5 Å². The van der Waals surface area contributed by atoms with Crippen LogP contribution in [0.15, 0.2) is 29.2 Å². The molecule has 2 nitrogen and oxygen atoms in total. The van der Waals surface area contributed by atoms with E-state index in [1.54, 1.807) is 12.3 Å². The molecular weight excluding hydrogens is 218 g/mol. The van der Waals surface area contributed by atoms with E-state index >= 15 is 0 Å². The summed E-state index contributed by atoms with van der Waals surface area (Å²) in [6.07, 6.45) is 6.60. The van der Waals surface area contributed by atoms with Crippen molar-refractivity contribution in [2.24, 2.45) is 0 Å². The monoisotopic (exact) mass is 227 g/mol. The summed E-state index contributed by atoms with van der Waals surface area (Å²) in [6, 6.07) is 3.44. The Morgan fingerprint density at radius 3 is 3.08 bits per heavy atom. The van der Waals surface area contributed by atoms with Crippen LogP contribution in [0.5, 0.6) is 0 Å². The first-order chi connectivity index (χ1) is 5.83. The number of nitrogens with one attached hydrogen (secondary N) is 1. The first-order valence-electron chi connectivity index (χ1n) is 3.74. The van der Waals surface area contributed by atoms with Crippen molar-refractivity contribution < 1.29 is 0 Å². The normalized spacial score (nSPS) is 10.8. The SMILES string of the molecule is O=c1cc(C=CCCBr)cc[nH]1. The Bertz CT molecular complexity index is 316. The van der Waals surface area contributed by atoms with Gasteiger partial charge >= 0.3 is 0 Å². The fourth-order valence-corrected chi connectivity index (χ4v) is 1.11. The molecule has 64 valence electrons. The summed E-state index contributed by atoms with van der Waals surface area (Å²) in [5.74, 6) is 0. The first-order valence-corrected chi connectivity index (χ1v) is 4.86. The van der Waals surface area contributed by atoms with Gasteiger partial charge in [0.25, 0.3) is 0 Å². The van der Waals surface area contributed by atoms with Crippen LogP contribution in [0.25, 0.3) is 6.08 Å². The van der Waals surface area contributed by atoms with E-state index in [9.17, 15) is 4.79 Å². The van der Waals surface area contributed by atoms with E-state index in [1.807, 2.05) is 18.2 Å². The molecule has 1 aromatic heterocycles. The van der Waals surface area contributed by atoms with Crippen LogP contribution in [0.4, 0.5) is 0 Å². The largest absolute Gasteiger partial charge is 0.329 e. The minimum Gasteiger partial charge on any atom is -0.329 e. The van der Waals surface area contributed by atoms with E-state index in [4.69, 9.17) is 0 Å². The van der Waals surface area contributed by atoms with Gasteiger partial charge in [-0.15, -0.1) is 0 Å². The quantitative estimate of drug-likeness (QED) is 0.790. The maximum absolute atomic E-state index is 10.8. The van der Waals surface area contributed by atoms with Crippen LogP contribution in [0, 0.1) is 0 Å². The number of halogens is 1. The molecule has 12 heavy (non-hydrogen) atoms. The molecule has 1 rings (SSSR count). The van der Waals surface area contributed by atoms with Gasteiger partial charge in [-0.05, 0) is 18.1 Å². The molecule has 0 aliphatic carbocycles. The zero-order valence-electron chi connectivity index (χ0n) is 6.59. The summed E-state index contributed by atoms with van der Waals surface area (Å²) in [5, 5.41) is 0.951. The molecule has 0 aliphatic heterocycles. The van der Waals surface area contributed by atoms with Gasteiger partial charge in [-0.2, -0.15) is 0 Å². The summed E-state index contributed by atoms with van der Waals surface area (Å²) in [6.45, 7) is 0. The number of alkyl halides is 1. The van der Waals surface area contributed by atoms with Gasteiger partial charge in [-0.3, -0.25) is 4.79 Å². The Kier molecular flexibility index (Phi) is 3.80. The number of pyridine rings is 1. The third kappa shape index (κ3) is 3.05.